The van der Waals surface area contributed by atoms with Crippen LogP contribution in [0.2, 0.25) is 0 Å². The second-order valence-electron chi connectivity index (χ2n) is 4.17. The standard InChI is InChI=1S/C15H14F2N2OS/c16-15(17)21-13-8-6-12(7-9-13)19-14(20)10-18-11-4-2-1-3-5-11/h1-9,15,18H,10H2,(H,19,20). The Morgan fingerprint density at radius 1 is 1.00 bits per heavy atom. The van der Waals surface area contributed by atoms with Crippen LogP contribution in [0.15, 0.2) is 59.5 Å². The van der Waals surface area contributed by atoms with Crippen LogP contribution in [0.25, 0.3) is 0 Å². The molecule has 0 bridgehead atoms. The minimum Gasteiger partial charge on any atom is -0.376 e. The fourth-order valence-corrected chi connectivity index (χ4v) is 2.16. The molecule has 21 heavy (non-hydrogen) atoms. The molecule has 6 heteroatoms. The fraction of sp³-hybridized carbons (Fsp3) is 0.133. The summed E-state index contributed by atoms with van der Waals surface area (Å²) in [5.74, 6) is -2.64. The van der Waals surface area contributed by atoms with Gasteiger partial charge in [0.1, 0.15) is 0 Å². The van der Waals surface area contributed by atoms with Gasteiger partial charge in [0.05, 0.1) is 6.54 Å². The van der Waals surface area contributed by atoms with Crippen molar-refractivity contribution in [2.45, 2.75) is 10.7 Å². The molecule has 0 atom stereocenters. The predicted molar refractivity (Wildman–Crippen MR) is 81.9 cm³/mol. The highest BCUT2D eigenvalue weighted by molar-refractivity contribution is 7.99. The molecule has 0 heterocycles. The number of thioether (sulfide) groups is 1. The summed E-state index contributed by atoms with van der Waals surface area (Å²) in [5.41, 5.74) is 1.44. The third kappa shape index (κ3) is 5.43. The lowest BCUT2D eigenvalue weighted by Gasteiger charge is -2.08. The Labute approximate surface area is 125 Å². The van der Waals surface area contributed by atoms with Crippen LogP contribution in [-0.4, -0.2) is 18.2 Å². The zero-order chi connectivity index (χ0) is 15.1. The molecule has 2 aromatic carbocycles. The molecular formula is C15H14F2N2OS. The van der Waals surface area contributed by atoms with Crippen molar-refractivity contribution >= 4 is 29.0 Å². The Morgan fingerprint density at radius 2 is 1.67 bits per heavy atom. The van der Waals surface area contributed by atoms with Crippen molar-refractivity contribution in [3.63, 3.8) is 0 Å². The average Bonchev–Trinajstić information content (AvgIpc) is 2.48. The van der Waals surface area contributed by atoms with E-state index in [4.69, 9.17) is 0 Å². The summed E-state index contributed by atoms with van der Waals surface area (Å²) in [6.45, 7) is 0.136. The number of benzene rings is 2. The van der Waals surface area contributed by atoms with E-state index in [2.05, 4.69) is 10.6 Å². The van der Waals surface area contributed by atoms with Gasteiger partial charge in [0.15, 0.2) is 0 Å². The molecule has 0 unspecified atom stereocenters. The Kier molecular flexibility index (Phi) is 5.57. The van der Waals surface area contributed by atoms with Crippen molar-refractivity contribution in [1.82, 2.24) is 0 Å². The molecule has 0 aliphatic carbocycles. The molecule has 0 saturated carbocycles. The molecule has 0 saturated heterocycles. The van der Waals surface area contributed by atoms with E-state index in [1.165, 1.54) is 0 Å². The second-order valence-corrected chi connectivity index (χ2v) is 5.23. The quantitative estimate of drug-likeness (QED) is 0.791. The first-order valence-corrected chi connectivity index (χ1v) is 7.15. The summed E-state index contributed by atoms with van der Waals surface area (Å²) in [6.07, 6.45) is 0. The number of amides is 1. The zero-order valence-corrected chi connectivity index (χ0v) is 11.9. The van der Waals surface area contributed by atoms with Crippen LogP contribution in [0.1, 0.15) is 0 Å². The molecule has 0 aliphatic rings. The first kappa shape index (κ1) is 15.3. The summed E-state index contributed by atoms with van der Waals surface area (Å²) in [4.78, 5) is 12.2. The highest BCUT2D eigenvalue weighted by atomic mass is 32.2. The van der Waals surface area contributed by atoms with E-state index in [9.17, 15) is 13.6 Å². The van der Waals surface area contributed by atoms with Crippen molar-refractivity contribution in [3.8, 4) is 0 Å². The van der Waals surface area contributed by atoms with Crippen molar-refractivity contribution < 1.29 is 13.6 Å². The molecule has 0 spiro atoms. The molecule has 0 aliphatic heterocycles. The molecule has 0 fully saturated rings. The summed E-state index contributed by atoms with van der Waals surface area (Å²) >= 11 is 0.475. The monoisotopic (exact) mass is 308 g/mol. The average molecular weight is 308 g/mol. The highest BCUT2D eigenvalue weighted by Crippen LogP contribution is 2.26. The van der Waals surface area contributed by atoms with E-state index < -0.39 is 5.76 Å². The number of para-hydroxylation sites is 1. The Morgan fingerprint density at radius 3 is 2.29 bits per heavy atom. The first-order valence-electron chi connectivity index (χ1n) is 6.27. The van der Waals surface area contributed by atoms with E-state index >= 15 is 0 Å². The number of anilines is 2. The van der Waals surface area contributed by atoms with Crippen LogP contribution in [0.3, 0.4) is 0 Å². The lowest BCUT2D eigenvalue weighted by Crippen LogP contribution is -2.21. The summed E-state index contributed by atoms with van der Waals surface area (Å²) in [7, 11) is 0. The van der Waals surface area contributed by atoms with Gasteiger partial charge in [-0.1, -0.05) is 30.0 Å². The molecule has 0 aromatic heterocycles. The van der Waals surface area contributed by atoms with Crippen molar-refractivity contribution in [2.75, 3.05) is 17.2 Å². The van der Waals surface area contributed by atoms with E-state index in [1.54, 1.807) is 24.3 Å². The van der Waals surface area contributed by atoms with Crippen molar-refractivity contribution in [1.29, 1.82) is 0 Å². The molecule has 3 nitrogen and oxygen atoms in total. The lowest BCUT2D eigenvalue weighted by atomic mass is 10.3. The predicted octanol–water partition coefficient (Wildman–Crippen LogP) is 4.05. The van der Waals surface area contributed by atoms with Gasteiger partial charge in [0.2, 0.25) is 5.91 Å². The van der Waals surface area contributed by atoms with Crippen LogP contribution in [0, 0.1) is 0 Å². The van der Waals surface area contributed by atoms with E-state index in [0.717, 1.165) is 5.69 Å². The van der Waals surface area contributed by atoms with Gasteiger partial charge in [-0.05, 0) is 36.4 Å². The number of alkyl halides is 2. The van der Waals surface area contributed by atoms with Crippen LogP contribution >= 0.6 is 11.8 Å². The maximum Gasteiger partial charge on any atom is 0.288 e. The molecule has 0 radical (unpaired) electrons. The van der Waals surface area contributed by atoms with Gasteiger partial charge in [-0.3, -0.25) is 4.79 Å². The number of halogens is 2. The number of nitrogens with one attached hydrogen (secondary N) is 2. The number of rotatable bonds is 6. The Bertz CT molecular complexity index is 576. The molecule has 2 aromatic rings. The number of hydrogen-bond donors (Lipinski definition) is 2. The highest BCUT2D eigenvalue weighted by Gasteiger charge is 2.06. The van der Waals surface area contributed by atoms with Crippen molar-refractivity contribution in [2.24, 2.45) is 0 Å². The van der Waals surface area contributed by atoms with Crippen LogP contribution in [0.5, 0.6) is 0 Å². The van der Waals surface area contributed by atoms with Crippen molar-refractivity contribution in [3.05, 3.63) is 54.6 Å². The Hall–Kier alpha value is -2.08. The maximum atomic E-state index is 12.2. The molecular weight excluding hydrogens is 294 g/mol. The molecule has 2 rings (SSSR count). The van der Waals surface area contributed by atoms with E-state index in [0.29, 0.717) is 22.3 Å². The number of hydrogen-bond acceptors (Lipinski definition) is 3. The third-order valence-electron chi connectivity index (χ3n) is 2.59. The fourth-order valence-electron chi connectivity index (χ4n) is 1.66. The van der Waals surface area contributed by atoms with Gasteiger partial charge in [-0.15, -0.1) is 0 Å². The van der Waals surface area contributed by atoms with E-state index in [-0.39, 0.29) is 12.5 Å². The molecule has 2 N–H and O–H groups in total. The smallest absolute Gasteiger partial charge is 0.288 e. The van der Waals surface area contributed by atoms with Gasteiger partial charge in [0, 0.05) is 16.3 Å². The SMILES string of the molecule is O=C(CNc1ccccc1)Nc1ccc(SC(F)F)cc1. The van der Waals surface area contributed by atoms with Gasteiger partial charge in [0.25, 0.3) is 5.76 Å². The number of carbonyl (C=O) groups excluding carboxylic acids is 1. The maximum absolute atomic E-state index is 12.2. The summed E-state index contributed by atoms with van der Waals surface area (Å²) in [6, 6.07) is 15.7. The lowest BCUT2D eigenvalue weighted by molar-refractivity contribution is -0.114. The Balaban J connectivity index is 1.82. The minimum absolute atomic E-state index is 0.136. The third-order valence-corrected chi connectivity index (χ3v) is 3.31. The van der Waals surface area contributed by atoms with Gasteiger partial charge in [-0.25, -0.2) is 0 Å². The van der Waals surface area contributed by atoms with Gasteiger partial charge in [-0.2, -0.15) is 8.78 Å². The first-order chi connectivity index (χ1) is 10.1. The minimum atomic E-state index is -2.44. The van der Waals surface area contributed by atoms with Crippen LogP contribution < -0.4 is 10.6 Å². The largest absolute Gasteiger partial charge is 0.376 e. The topological polar surface area (TPSA) is 41.1 Å². The summed E-state index contributed by atoms with van der Waals surface area (Å²) in [5, 5.41) is 5.68. The van der Waals surface area contributed by atoms with E-state index in [1.807, 2.05) is 30.3 Å². The molecule has 1 amide bonds. The number of carbonyl (C=O) groups is 1. The molecule has 110 valence electrons. The van der Waals surface area contributed by atoms with Gasteiger partial charge >= 0.3 is 0 Å². The normalized spacial score (nSPS) is 10.4. The second kappa shape index (κ2) is 7.64. The van der Waals surface area contributed by atoms with Gasteiger partial charge < -0.3 is 10.6 Å². The van der Waals surface area contributed by atoms with Crippen LogP contribution in [0.4, 0.5) is 20.2 Å². The summed E-state index contributed by atoms with van der Waals surface area (Å²) < 4.78 is 24.4. The van der Waals surface area contributed by atoms with Crippen LogP contribution in [-0.2, 0) is 4.79 Å². The zero-order valence-electron chi connectivity index (χ0n) is 11.1.